The SMILES string of the molecule is O=[N+]([O-])c1ccc([O-])c(C=Nc2cc(Cl)cc(Cl)c2)c1. The van der Waals surface area contributed by atoms with Gasteiger partial charge in [-0.15, -0.1) is 0 Å². The van der Waals surface area contributed by atoms with Crippen LogP contribution in [0.3, 0.4) is 0 Å². The summed E-state index contributed by atoms with van der Waals surface area (Å²) in [5.41, 5.74) is 0.402. The average Bonchev–Trinajstić information content (AvgIpc) is 2.36. The van der Waals surface area contributed by atoms with Crippen molar-refractivity contribution in [3.63, 3.8) is 0 Å². The normalized spacial score (nSPS) is 10.9. The van der Waals surface area contributed by atoms with Crippen LogP contribution in [0.1, 0.15) is 5.56 Å². The van der Waals surface area contributed by atoms with Gasteiger partial charge in [0, 0.05) is 28.4 Å². The first-order valence-corrected chi connectivity index (χ1v) is 6.17. The van der Waals surface area contributed by atoms with Crippen molar-refractivity contribution < 1.29 is 10.0 Å². The van der Waals surface area contributed by atoms with Crippen molar-refractivity contribution in [2.24, 2.45) is 4.99 Å². The maximum atomic E-state index is 11.6. The summed E-state index contributed by atoms with van der Waals surface area (Å²) < 4.78 is 0. The molecule has 0 saturated heterocycles. The van der Waals surface area contributed by atoms with Crippen LogP contribution in [0.4, 0.5) is 11.4 Å². The Labute approximate surface area is 124 Å². The van der Waals surface area contributed by atoms with Crippen LogP contribution in [0.25, 0.3) is 0 Å². The van der Waals surface area contributed by atoms with Crippen LogP contribution >= 0.6 is 23.2 Å². The molecule has 0 saturated carbocycles. The van der Waals surface area contributed by atoms with Gasteiger partial charge in [0.2, 0.25) is 0 Å². The maximum absolute atomic E-state index is 11.6. The van der Waals surface area contributed by atoms with E-state index in [0.29, 0.717) is 15.7 Å². The molecule has 0 heterocycles. The Morgan fingerprint density at radius 2 is 1.75 bits per heavy atom. The van der Waals surface area contributed by atoms with Gasteiger partial charge in [0.1, 0.15) is 0 Å². The van der Waals surface area contributed by atoms with Crippen LogP contribution < -0.4 is 5.11 Å². The summed E-state index contributed by atoms with van der Waals surface area (Å²) in [6.45, 7) is 0. The summed E-state index contributed by atoms with van der Waals surface area (Å²) in [5, 5.41) is 23.1. The number of nitro benzene ring substituents is 1. The van der Waals surface area contributed by atoms with Crippen LogP contribution in [0.2, 0.25) is 10.0 Å². The second-order valence-corrected chi connectivity index (χ2v) is 4.74. The Balaban J connectivity index is 2.35. The summed E-state index contributed by atoms with van der Waals surface area (Å²) in [4.78, 5) is 14.1. The highest BCUT2D eigenvalue weighted by Crippen LogP contribution is 2.25. The van der Waals surface area contributed by atoms with E-state index in [1.54, 1.807) is 18.2 Å². The van der Waals surface area contributed by atoms with E-state index >= 15 is 0 Å². The monoisotopic (exact) mass is 309 g/mol. The highest BCUT2D eigenvalue weighted by molar-refractivity contribution is 6.35. The number of aliphatic imine (C=N–C) groups is 1. The first-order valence-electron chi connectivity index (χ1n) is 5.41. The first kappa shape index (κ1) is 14.3. The van der Waals surface area contributed by atoms with Gasteiger partial charge < -0.3 is 5.11 Å². The predicted octanol–water partition coefficient (Wildman–Crippen LogP) is 3.73. The first-order chi connectivity index (χ1) is 9.45. The van der Waals surface area contributed by atoms with Gasteiger partial charge in [-0.1, -0.05) is 35.0 Å². The van der Waals surface area contributed by atoms with E-state index in [0.717, 1.165) is 18.2 Å². The summed E-state index contributed by atoms with van der Waals surface area (Å²) in [7, 11) is 0. The number of nitrogens with zero attached hydrogens (tertiary/aromatic N) is 2. The lowest BCUT2D eigenvalue weighted by atomic mass is 10.2. The molecule has 0 aromatic heterocycles. The number of nitro groups is 1. The lowest BCUT2D eigenvalue weighted by Gasteiger charge is -2.08. The fourth-order valence-corrected chi connectivity index (χ4v) is 2.02. The Hall–Kier alpha value is -2.11. The minimum Gasteiger partial charge on any atom is -0.872 e. The van der Waals surface area contributed by atoms with Crippen molar-refractivity contribution in [3.05, 3.63) is 62.1 Å². The third-order valence-electron chi connectivity index (χ3n) is 2.40. The Morgan fingerprint density at radius 3 is 2.35 bits per heavy atom. The van der Waals surface area contributed by atoms with Crippen molar-refractivity contribution >= 4 is 40.8 Å². The predicted molar refractivity (Wildman–Crippen MR) is 76.3 cm³/mol. The van der Waals surface area contributed by atoms with E-state index in [9.17, 15) is 15.2 Å². The van der Waals surface area contributed by atoms with Crippen LogP contribution in [-0.2, 0) is 0 Å². The van der Waals surface area contributed by atoms with Crippen LogP contribution in [0.5, 0.6) is 5.75 Å². The molecule has 20 heavy (non-hydrogen) atoms. The third kappa shape index (κ3) is 3.46. The highest BCUT2D eigenvalue weighted by atomic mass is 35.5. The minimum absolute atomic E-state index is 0.121. The molecule has 0 N–H and O–H groups in total. The second kappa shape index (κ2) is 5.90. The Bertz CT molecular complexity index is 682. The molecule has 0 aliphatic heterocycles. The Kier molecular flexibility index (Phi) is 4.22. The summed E-state index contributed by atoms with van der Waals surface area (Å²) >= 11 is 11.6. The smallest absolute Gasteiger partial charge is 0.270 e. The molecule has 0 aliphatic rings. The van der Waals surface area contributed by atoms with Gasteiger partial charge in [0.25, 0.3) is 5.69 Å². The summed E-state index contributed by atoms with van der Waals surface area (Å²) in [5.74, 6) is -0.354. The topological polar surface area (TPSA) is 78.6 Å². The molecule has 0 spiro atoms. The Morgan fingerprint density at radius 1 is 1.10 bits per heavy atom. The number of halogens is 2. The van der Waals surface area contributed by atoms with Gasteiger partial charge in [-0.05, 0) is 23.8 Å². The zero-order valence-corrected chi connectivity index (χ0v) is 11.4. The molecule has 2 rings (SSSR count). The van der Waals surface area contributed by atoms with E-state index < -0.39 is 4.92 Å². The van der Waals surface area contributed by atoms with E-state index in [-0.39, 0.29) is 17.0 Å². The molecule has 7 heteroatoms. The van der Waals surface area contributed by atoms with Crippen LogP contribution in [0.15, 0.2) is 41.4 Å². The number of benzene rings is 2. The lowest BCUT2D eigenvalue weighted by Crippen LogP contribution is -1.98. The van der Waals surface area contributed by atoms with Gasteiger partial charge in [0.05, 0.1) is 10.6 Å². The van der Waals surface area contributed by atoms with Gasteiger partial charge in [-0.3, -0.25) is 15.1 Å². The zero-order chi connectivity index (χ0) is 14.7. The number of non-ortho nitro benzene ring substituents is 1. The molecule has 102 valence electrons. The largest absolute Gasteiger partial charge is 0.872 e. The zero-order valence-electron chi connectivity index (χ0n) is 9.92. The van der Waals surface area contributed by atoms with E-state index in [1.807, 2.05) is 0 Å². The lowest BCUT2D eigenvalue weighted by molar-refractivity contribution is -0.385. The maximum Gasteiger partial charge on any atom is 0.270 e. The molecule has 2 aromatic carbocycles. The van der Waals surface area contributed by atoms with Crippen molar-refractivity contribution in [2.75, 3.05) is 0 Å². The molecule has 0 radical (unpaired) electrons. The molecule has 0 fully saturated rings. The molecule has 0 aliphatic carbocycles. The summed E-state index contributed by atoms with van der Waals surface area (Å²) in [6.07, 6.45) is 1.25. The van der Waals surface area contributed by atoms with Crippen molar-refractivity contribution in [3.8, 4) is 5.75 Å². The minimum atomic E-state index is -0.576. The quantitative estimate of drug-likeness (QED) is 0.492. The molecular weight excluding hydrogens is 303 g/mol. The molecule has 0 bridgehead atoms. The van der Waals surface area contributed by atoms with Gasteiger partial charge >= 0.3 is 0 Å². The fraction of sp³-hybridized carbons (Fsp3) is 0. The molecule has 5 nitrogen and oxygen atoms in total. The third-order valence-corrected chi connectivity index (χ3v) is 2.84. The summed E-state index contributed by atoms with van der Waals surface area (Å²) in [6, 6.07) is 8.12. The molecule has 0 atom stereocenters. The standard InChI is InChI=1S/C13H8Cl2N2O3/c14-9-4-10(15)6-11(5-9)16-7-8-3-12(17(19)20)1-2-13(8)18/h1-7,18H/p-1. The molecule has 0 amide bonds. The van der Waals surface area contributed by atoms with E-state index in [2.05, 4.69) is 4.99 Å². The van der Waals surface area contributed by atoms with Crippen molar-refractivity contribution in [1.82, 2.24) is 0 Å². The van der Waals surface area contributed by atoms with Gasteiger partial charge in [0.15, 0.2) is 0 Å². The average molecular weight is 310 g/mol. The van der Waals surface area contributed by atoms with Crippen molar-refractivity contribution in [1.29, 1.82) is 0 Å². The van der Waals surface area contributed by atoms with E-state index in [4.69, 9.17) is 23.2 Å². The molecular formula is C13H7Cl2N2O3-. The van der Waals surface area contributed by atoms with Gasteiger partial charge in [-0.25, -0.2) is 0 Å². The molecule has 0 unspecified atom stereocenters. The van der Waals surface area contributed by atoms with Crippen LogP contribution in [0, 0.1) is 10.1 Å². The fourth-order valence-electron chi connectivity index (χ4n) is 1.51. The molecule has 2 aromatic rings. The number of hydrogen-bond acceptors (Lipinski definition) is 4. The van der Waals surface area contributed by atoms with Crippen molar-refractivity contribution in [2.45, 2.75) is 0 Å². The van der Waals surface area contributed by atoms with Crippen LogP contribution in [-0.4, -0.2) is 11.1 Å². The second-order valence-electron chi connectivity index (χ2n) is 3.87. The number of rotatable bonds is 3. The number of hydrogen-bond donors (Lipinski definition) is 0. The highest BCUT2D eigenvalue weighted by Gasteiger charge is 2.05. The van der Waals surface area contributed by atoms with Gasteiger partial charge in [-0.2, -0.15) is 0 Å². The van der Waals surface area contributed by atoms with E-state index in [1.165, 1.54) is 6.21 Å².